The lowest BCUT2D eigenvalue weighted by molar-refractivity contribution is 0.248. The van der Waals surface area contributed by atoms with Gasteiger partial charge < -0.3 is 0 Å². The highest BCUT2D eigenvalue weighted by molar-refractivity contribution is 7.92. The first kappa shape index (κ1) is 19.9. The van der Waals surface area contributed by atoms with E-state index in [2.05, 4.69) is 0 Å². The first-order valence-electron chi connectivity index (χ1n) is 9.32. The second-order valence-corrected chi connectivity index (χ2v) is 12.0. The Morgan fingerprint density at radius 1 is 0.857 bits per heavy atom. The minimum absolute atomic E-state index is 0.157. The van der Waals surface area contributed by atoms with Gasteiger partial charge >= 0.3 is 0 Å². The van der Waals surface area contributed by atoms with Crippen molar-refractivity contribution in [3.05, 3.63) is 65.2 Å². The first-order valence-corrected chi connectivity index (χ1v) is 12.9. The van der Waals surface area contributed by atoms with E-state index in [-0.39, 0.29) is 17.8 Å². The molecule has 0 saturated carbocycles. The van der Waals surface area contributed by atoms with Gasteiger partial charge in [-0.2, -0.15) is 4.31 Å². The van der Waals surface area contributed by atoms with Crippen LogP contribution in [0.25, 0.3) is 0 Å². The van der Waals surface area contributed by atoms with Gasteiger partial charge in [0.1, 0.15) is 0 Å². The summed E-state index contributed by atoms with van der Waals surface area (Å²) in [6, 6.07) is 14.8. The summed E-state index contributed by atoms with van der Waals surface area (Å²) in [4.78, 5) is 0.312. The molecule has 2 bridgehead atoms. The third-order valence-corrected chi connectivity index (χ3v) is 10.2. The minimum atomic E-state index is -3.57. The Bertz CT molecular complexity index is 1060. The van der Waals surface area contributed by atoms with Crippen molar-refractivity contribution in [1.82, 2.24) is 4.31 Å². The highest BCUT2D eigenvalue weighted by atomic mass is 35.5. The zero-order valence-electron chi connectivity index (χ0n) is 15.2. The van der Waals surface area contributed by atoms with Gasteiger partial charge in [0.2, 0.25) is 10.0 Å². The average molecular weight is 440 g/mol. The predicted molar refractivity (Wildman–Crippen MR) is 109 cm³/mol. The van der Waals surface area contributed by atoms with Gasteiger partial charge in [0, 0.05) is 17.1 Å². The van der Waals surface area contributed by atoms with Crippen LogP contribution >= 0.6 is 11.6 Å². The van der Waals surface area contributed by atoms with Crippen LogP contribution in [0.1, 0.15) is 31.2 Å². The Kier molecular flexibility index (Phi) is 5.29. The van der Waals surface area contributed by atoms with Crippen LogP contribution in [-0.2, 0) is 25.6 Å². The van der Waals surface area contributed by atoms with E-state index in [9.17, 15) is 16.8 Å². The van der Waals surface area contributed by atoms with Crippen molar-refractivity contribution in [2.45, 2.75) is 53.7 Å². The Labute approximate surface area is 171 Å². The quantitative estimate of drug-likeness (QED) is 0.713. The van der Waals surface area contributed by atoms with E-state index in [0.717, 1.165) is 0 Å². The number of hydrogen-bond acceptors (Lipinski definition) is 4. The van der Waals surface area contributed by atoms with Crippen molar-refractivity contribution in [2.24, 2.45) is 0 Å². The maximum absolute atomic E-state index is 13.1. The molecule has 2 heterocycles. The molecule has 8 heteroatoms. The molecule has 0 radical (unpaired) electrons. The van der Waals surface area contributed by atoms with Gasteiger partial charge in [0.25, 0.3) is 0 Å². The third kappa shape index (κ3) is 3.61. The molecule has 150 valence electrons. The second-order valence-electron chi connectivity index (χ2n) is 7.51. The second kappa shape index (κ2) is 7.44. The normalized spacial score (nSPS) is 25.7. The number of hydrogen-bond donors (Lipinski definition) is 0. The molecule has 28 heavy (non-hydrogen) atoms. The molecule has 0 amide bonds. The molecule has 4 rings (SSSR count). The molecule has 0 spiro atoms. The molecular formula is C20H22ClNO4S2. The van der Waals surface area contributed by atoms with Gasteiger partial charge in [0.15, 0.2) is 9.84 Å². The summed E-state index contributed by atoms with van der Waals surface area (Å²) in [6.45, 7) is 0. The fourth-order valence-electron chi connectivity index (χ4n) is 4.48. The van der Waals surface area contributed by atoms with Crippen molar-refractivity contribution < 1.29 is 16.8 Å². The van der Waals surface area contributed by atoms with E-state index in [0.29, 0.717) is 41.2 Å². The average Bonchev–Trinajstić information content (AvgIpc) is 2.95. The Hall–Kier alpha value is -1.41. The van der Waals surface area contributed by atoms with Crippen LogP contribution in [0.4, 0.5) is 0 Å². The van der Waals surface area contributed by atoms with E-state index in [1.54, 1.807) is 58.9 Å². The Morgan fingerprint density at radius 3 is 2.04 bits per heavy atom. The summed E-state index contributed by atoms with van der Waals surface area (Å²) < 4.78 is 53.8. The minimum Gasteiger partial charge on any atom is -0.223 e. The third-order valence-electron chi connectivity index (χ3n) is 5.75. The van der Waals surface area contributed by atoms with Gasteiger partial charge in [-0.25, -0.2) is 16.8 Å². The summed E-state index contributed by atoms with van der Waals surface area (Å²) in [6.07, 6.45) is 2.09. The monoisotopic (exact) mass is 439 g/mol. The van der Waals surface area contributed by atoms with Crippen LogP contribution < -0.4 is 0 Å². The van der Waals surface area contributed by atoms with Crippen LogP contribution in [0.5, 0.6) is 0 Å². The molecule has 1 unspecified atom stereocenters. The van der Waals surface area contributed by atoms with Crippen LogP contribution in [0.15, 0.2) is 59.5 Å². The molecular weight excluding hydrogens is 418 g/mol. The van der Waals surface area contributed by atoms with E-state index in [4.69, 9.17) is 11.6 Å². The number of halogens is 1. The summed E-state index contributed by atoms with van der Waals surface area (Å²) >= 11 is 6.15. The van der Waals surface area contributed by atoms with Gasteiger partial charge in [-0.05, 0) is 49.4 Å². The van der Waals surface area contributed by atoms with Crippen LogP contribution in [0.3, 0.4) is 0 Å². The van der Waals surface area contributed by atoms with Gasteiger partial charge in [-0.3, -0.25) is 0 Å². The number of sulfonamides is 1. The summed E-state index contributed by atoms with van der Waals surface area (Å²) in [5.41, 5.74) is 0.572. The van der Waals surface area contributed by atoms with Crippen molar-refractivity contribution in [2.75, 3.05) is 0 Å². The van der Waals surface area contributed by atoms with E-state index >= 15 is 0 Å². The van der Waals surface area contributed by atoms with Crippen molar-refractivity contribution >= 4 is 31.5 Å². The van der Waals surface area contributed by atoms with Crippen LogP contribution in [0.2, 0.25) is 5.02 Å². The van der Waals surface area contributed by atoms with E-state index < -0.39 is 25.1 Å². The smallest absolute Gasteiger partial charge is 0.218 e. The molecule has 3 atom stereocenters. The topological polar surface area (TPSA) is 71.5 Å². The fraction of sp³-hybridized carbons (Fsp3) is 0.400. The highest BCUT2D eigenvalue weighted by Gasteiger charge is 2.49. The molecule has 2 aliphatic heterocycles. The number of fused-ring (bicyclic) bond motifs is 2. The number of nitrogens with zero attached hydrogens (tertiary/aromatic N) is 1. The lowest BCUT2D eigenvalue weighted by Gasteiger charge is -2.37. The van der Waals surface area contributed by atoms with Crippen molar-refractivity contribution in [3.8, 4) is 0 Å². The number of benzene rings is 2. The van der Waals surface area contributed by atoms with Crippen LogP contribution in [0, 0.1) is 0 Å². The van der Waals surface area contributed by atoms with Crippen molar-refractivity contribution in [3.63, 3.8) is 0 Å². The highest BCUT2D eigenvalue weighted by Crippen LogP contribution is 2.42. The van der Waals surface area contributed by atoms with E-state index in [1.165, 1.54) is 0 Å². The number of piperidine rings is 1. The predicted octanol–water partition coefficient (Wildman–Crippen LogP) is 3.64. The summed E-state index contributed by atoms with van der Waals surface area (Å²) in [7, 11) is -7.04. The van der Waals surface area contributed by atoms with Gasteiger partial charge in [0.05, 0.1) is 15.9 Å². The standard InChI is InChI=1S/C20H22ClNO4S2/c21-20-9-5-4-6-15(20)14-27(23,24)22-16-10-11-17(22)13-19(12-16)28(25,26)18-7-2-1-3-8-18/h1-9,16-17,19H,10-14H2/t16-,17+,19?. The molecule has 0 aromatic heterocycles. The molecule has 2 saturated heterocycles. The first-order chi connectivity index (χ1) is 13.3. The molecule has 0 N–H and O–H groups in total. The lowest BCUT2D eigenvalue weighted by atomic mass is 10.1. The molecule has 2 aromatic carbocycles. The van der Waals surface area contributed by atoms with E-state index in [1.807, 2.05) is 0 Å². The zero-order valence-corrected chi connectivity index (χ0v) is 17.6. The molecule has 2 aliphatic rings. The Morgan fingerprint density at radius 2 is 1.43 bits per heavy atom. The molecule has 2 fully saturated rings. The maximum Gasteiger partial charge on any atom is 0.218 e. The van der Waals surface area contributed by atoms with Crippen LogP contribution in [-0.4, -0.2) is 38.5 Å². The Balaban J connectivity index is 1.57. The maximum atomic E-state index is 13.1. The van der Waals surface area contributed by atoms with Gasteiger partial charge in [-0.15, -0.1) is 0 Å². The SMILES string of the molecule is O=S(=O)(c1ccccc1)C1C[C@H]2CC[C@@H](C1)N2S(=O)(=O)Cc1ccccc1Cl. The molecule has 5 nitrogen and oxygen atoms in total. The number of rotatable bonds is 5. The fourth-order valence-corrected chi connectivity index (χ4v) is 8.72. The molecule has 0 aliphatic carbocycles. The summed E-state index contributed by atoms with van der Waals surface area (Å²) in [5.74, 6) is -0.157. The molecule has 2 aromatic rings. The van der Waals surface area contributed by atoms with Crippen molar-refractivity contribution in [1.29, 1.82) is 0 Å². The zero-order chi connectivity index (χ0) is 19.9. The van der Waals surface area contributed by atoms with Gasteiger partial charge in [-0.1, -0.05) is 48.0 Å². The largest absolute Gasteiger partial charge is 0.223 e. The lowest BCUT2D eigenvalue weighted by Crippen LogP contribution is -2.49. The summed E-state index contributed by atoms with van der Waals surface area (Å²) in [5, 5.41) is -0.112. The number of sulfone groups is 1.